The van der Waals surface area contributed by atoms with Crippen LogP contribution >= 0.6 is 11.6 Å². The van der Waals surface area contributed by atoms with Crippen molar-refractivity contribution in [1.82, 2.24) is 10.2 Å². The number of ketones is 1. The Morgan fingerprint density at radius 3 is 2.53 bits per heavy atom. The lowest BCUT2D eigenvalue weighted by Crippen LogP contribution is -2.35. The van der Waals surface area contributed by atoms with E-state index in [9.17, 15) is 18.8 Å². The first-order valence-electron chi connectivity index (χ1n) is 12.9. The minimum atomic E-state index is -0.502. The number of aliphatic imine (C=N–C) groups is 1. The second-order valence-electron chi connectivity index (χ2n) is 9.85. The highest BCUT2D eigenvalue weighted by molar-refractivity contribution is 6.34. The summed E-state index contributed by atoms with van der Waals surface area (Å²) in [6.07, 6.45) is 5.22. The molecule has 0 aromatic heterocycles. The minimum Gasteiger partial charge on any atom is -0.351 e. The number of nitrogens with one attached hydrogen (secondary N) is 2. The third kappa shape index (κ3) is 7.36. The number of Topliss-reactive ketones (excluding diaryl/α,β-unsaturated/α-hetero) is 1. The van der Waals surface area contributed by atoms with Crippen LogP contribution in [-0.2, 0) is 16.0 Å². The molecule has 0 bridgehead atoms. The van der Waals surface area contributed by atoms with Gasteiger partial charge in [-0.05, 0) is 80.7 Å². The number of hydrogen-bond donors (Lipinski definition) is 2. The molecule has 2 N–H and O–H groups in total. The number of halogens is 2. The molecule has 2 aliphatic heterocycles. The molecule has 0 atom stereocenters. The zero-order chi connectivity index (χ0) is 27.1. The number of amides is 2. The number of nitrogens with zero attached hydrogens (tertiary/aromatic N) is 2. The largest absolute Gasteiger partial charge is 0.351 e. The maximum absolute atomic E-state index is 13.2. The highest BCUT2D eigenvalue weighted by atomic mass is 35.5. The van der Waals surface area contributed by atoms with Crippen LogP contribution < -0.4 is 10.6 Å². The fourth-order valence-corrected chi connectivity index (χ4v) is 4.85. The van der Waals surface area contributed by atoms with Gasteiger partial charge in [0, 0.05) is 36.9 Å². The molecule has 2 aliphatic rings. The number of rotatable bonds is 10. The topological polar surface area (TPSA) is 90.9 Å². The number of piperidine rings is 1. The molecule has 1 fully saturated rings. The standard InChI is InChI=1S/C29H32ClFN4O3/c1-19-10-15-35(16-11-19)14-2-12-33-29(38)27-24(9-13-32-27)28(37)34-22-6-3-20(4-7-22)17-26(36)23-8-5-21(31)18-25(23)30/h3-8,13,18-19H,2,9-12,14-17H2,1H3,(H,33,38)(H,34,37). The van der Waals surface area contributed by atoms with E-state index < -0.39 is 11.7 Å². The van der Waals surface area contributed by atoms with Gasteiger partial charge in [-0.3, -0.25) is 19.4 Å². The molecule has 2 amide bonds. The second kappa shape index (κ2) is 12.9. The molecule has 7 nitrogen and oxygen atoms in total. The summed E-state index contributed by atoms with van der Waals surface area (Å²) < 4.78 is 13.2. The first-order chi connectivity index (χ1) is 18.3. The lowest BCUT2D eigenvalue weighted by atomic mass is 9.99. The van der Waals surface area contributed by atoms with Gasteiger partial charge in [0.25, 0.3) is 11.8 Å². The van der Waals surface area contributed by atoms with Gasteiger partial charge < -0.3 is 15.5 Å². The lowest BCUT2D eigenvalue weighted by Gasteiger charge is -2.30. The van der Waals surface area contributed by atoms with Crippen LogP contribution in [0.5, 0.6) is 0 Å². The Morgan fingerprint density at radius 2 is 1.82 bits per heavy atom. The molecule has 0 spiro atoms. The van der Waals surface area contributed by atoms with E-state index in [1.54, 1.807) is 30.5 Å². The van der Waals surface area contributed by atoms with Crippen molar-refractivity contribution >= 4 is 41.1 Å². The second-order valence-corrected chi connectivity index (χ2v) is 10.3. The van der Waals surface area contributed by atoms with Crippen molar-refractivity contribution < 1.29 is 18.8 Å². The molecule has 4 rings (SSSR count). The fourth-order valence-electron chi connectivity index (χ4n) is 4.58. The van der Waals surface area contributed by atoms with Gasteiger partial charge in [0.2, 0.25) is 0 Å². The summed E-state index contributed by atoms with van der Waals surface area (Å²) in [5.41, 5.74) is 1.97. The predicted octanol–water partition coefficient (Wildman–Crippen LogP) is 4.81. The van der Waals surface area contributed by atoms with E-state index in [1.807, 2.05) is 0 Å². The Balaban J connectivity index is 1.27. The zero-order valence-electron chi connectivity index (χ0n) is 21.4. The quantitative estimate of drug-likeness (QED) is 0.335. The van der Waals surface area contributed by atoms with Crippen LogP contribution in [0.2, 0.25) is 5.02 Å². The van der Waals surface area contributed by atoms with Crippen LogP contribution in [0.15, 0.2) is 58.7 Å². The van der Waals surface area contributed by atoms with E-state index in [2.05, 4.69) is 27.4 Å². The van der Waals surface area contributed by atoms with Crippen molar-refractivity contribution in [1.29, 1.82) is 0 Å². The van der Waals surface area contributed by atoms with Crippen molar-refractivity contribution in [2.45, 2.75) is 39.0 Å². The van der Waals surface area contributed by atoms with Crippen molar-refractivity contribution in [3.8, 4) is 0 Å². The van der Waals surface area contributed by atoms with Crippen LogP contribution in [0, 0.1) is 11.7 Å². The molecular weight excluding hydrogens is 507 g/mol. The van der Waals surface area contributed by atoms with E-state index in [0.29, 0.717) is 17.8 Å². The minimum absolute atomic E-state index is 0.0717. The first kappa shape index (κ1) is 27.7. The van der Waals surface area contributed by atoms with Crippen molar-refractivity contribution in [3.63, 3.8) is 0 Å². The summed E-state index contributed by atoms with van der Waals surface area (Å²) in [6.45, 7) is 5.97. The van der Waals surface area contributed by atoms with Gasteiger partial charge in [0.1, 0.15) is 11.5 Å². The van der Waals surface area contributed by atoms with Crippen molar-refractivity contribution in [3.05, 3.63) is 75.7 Å². The van der Waals surface area contributed by atoms with E-state index in [1.165, 1.54) is 25.0 Å². The number of anilines is 1. The summed E-state index contributed by atoms with van der Waals surface area (Å²) in [7, 11) is 0. The van der Waals surface area contributed by atoms with Gasteiger partial charge in [-0.25, -0.2) is 4.39 Å². The van der Waals surface area contributed by atoms with Gasteiger partial charge >= 0.3 is 0 Å². The molecule has 2 heterocycles. The van der Waals surface area contributed by atoms with Crippen LogP contribution in [0.25, 0.3) is 0 Å². The summed E-state index contributed by atoms with van der Waals surface area (Å²) in [6, 6.07) is 10.5. The number of carbonyl (C=O) groups is 3. The molecule has 0 radical (unpaired) electrons. The zero-order valence-corrected chi connectivity index (χ0v) is 22.2. The molecule has 0 unspecified atom stereocenters. The van der Waals surface area contributed by atoms with Gasteiger partial charge in [0.05, 0.1) is 10.6 Å². The van der Waals surface area contributed by atoms with E-state index in [0.717, 1.165) is 43.6 Å². The summed E-state index contributed by atoms with van der Waals surface area (Å²) in [5.74, 6) is -0.683. The average Bonchev–Trinajstić information content (AvgIpc) is 3.39. The maximum atomic E-state index is 13.2. The van der Waals surface area contributed by atoms with Gasteiger partial charge in [0.15, 0.2) is 5.78 Å². The van der Waals surface area contributed by atoms with E-state index in [4.69, 9.17) is 11.6 Å². The Hall–Kier alpha value is -3.36. The first-order valence-corrected chi connectivity index (χ1v) is 13.3. The van der Waals surface area contributed by atoms with Gasteiger partial charge in [-0.15, -0.1) is 0 Å². The molecule has 38 heavy (non-hydrogen) atoms. The maximum Gasteiger partial charge on any atom is 0.270 e. The third-order valence-electron chi connectivity index (χ3n) is 6.91. The fraction of sp³-hybridized carbons (Fsp3) is 0.379. The molecule has 2 aromatic carbocycles. The van der Waals surface area contributed by atoms with Crippen molar-refractivity contribution in [2.75, 3.05) is 31.5 Å². The molecular formula is C29H32ClFN4O3. The number of likely N-dealkylation sites (tertiary alicyclic amines) is 1. The molecule has 9 heteroatoms. The molecule has 0 aliphatic carbocycles. The molecule has 1 saturated heterocycles. The van der Waals surface area contributed by atoms with E-state index >= 15 is 0 Å². The van der Waals surface area contributed by atoms with Crippen LogP contribution in [-0.4, -0.2) is 54.9 Å². The number of carbonyl (C=O) groups excluding carboxylic acids is 3. The summed E-state index contributed by atoms with van der Waals surface area (Å²) in [4.78, 5) is 44.6. The van der Waals surface area contributed by atoms with Gasteiger partial charge in [-0.2, -0.15) is 0 Å². The number of benzene rings is 2. The SMILES string of the molecule is CC1CCN(CCCNC(=O)C2=C(C(=O)Nc3ccc(CC(=O)c4ccc(F)cc4Cl)cc3)CC=N2)CC1. The third-order valence-corrected chi connectivity index (χ3v) is 7.22. The summed E-state index contributed by atoms with van der Waals surface area (Å²) >= 11 is 5.99. The highest BCUT2D eigenvalue weighted by Gasteiger charge is 2.24. The normalized spacial score (nSPS) is 16.1. The highest BCUT2D eigenvalue weighted by Crippen LogP contribution is 2.22. The van der Waals surface area contributed by atoms with Crippen LogP contribution in [0.1, 0.15) is 48.5 Å². The monoisotopic (exact) mass is 538 g/mol. The Labute approximate surface area is 227 Å². The molecule has 200 valence electrons. The molecule has 0 saturated carbocycles. The van der Waals surface area contributed by atoms with Crippen molar-refractivity contribution in [2.24, 2.45) is 10.9 Å². The smallest absolute Gasteiger partial charge is 0.270 e. The van der Waals surface area contributed by atoms with Gasteiger partial charge in [-0.1, -0.05) is 30.7 Å². The predicted molar refractivity (Wildman–Crippen MR) is 147 cm³/mol. The average molecular weight is 539 g/mol. The Kier molecular flexibility index (Phi) is 9.42. The van der Waals surface area contributed by atoms with Crippen LogP contribution in [0.4, 0.5) is 10.1 Å². The van der Waals surface area contributed by atoms with E-state index in [-0.39, 0.29) is 40.8 Å². The molecule has 2 aromatic rings. The summed E-state index contributed by atoms with van der Waals surface area (Å²) in [5, 5.41) is 5.76. The Bertz CT molecular complexity index is 1250. The van der Waals surface area contributed by atoms with Crippen LogP contribution in [0.3, 0.4) is 0 Å². The lowest BCUT2D eigenvalue weighted by molar-refractivity contribution is -0.118. The number of hydrogen-bond acceptors (Lipinski definition) is 5. The Morgan fingerprint density at radius 1 is 1.08 bits per heavy atom.